The molecule has 118 valence electrons. The van der Waals surface area contributed by atoms with Gasteiger partial charge < -0.3 is 9.47 Å². The number of carbonyl (C=O) groups is 3. The smallest absolute Gasteiger partial charge is 0.337 e. The molecule has 2 fully saturated rings. The van der Waals surface area contributed by atoms with Gasteiger partial charge in [-0.1, -0.05) is 18.2 Å². The van der Waals surface area contributed by atoms with Gasteiger partial charge in [-0.25, -0.2) is 9.69 Å². The van der Waals surface area contributed by atoms with Crippen molar-refractivity contribution in [2.75, 3.05) is 12.0 Å². The number of ether oxygens (including phenoxy) is 2. The predicted octanol–water partition coefficient (Wildman–Crippen LogP) is 1.31. The molecule has 2 amide bonds. The molecular formula is C17H15NO5. The molecule has 4 rings (SSSR count). The van der Waals surface area contributed by atoms with Crippen LogP contribution < -0.4 is 4.90 Å². The van der Waals surface area contributed by atoms with Crippen molar-refractivity contribution in [1.82, 2.24) is 0 Å². The standard InChI is InChI=1S/C17H15NO5/c1-17-7-6-11(23-17)12-13(17)15(20)18(14(12)19)10-5-3-4-9(8-10)16(21)22-2/h3-8,11-13H,1-2H3/t11-,12-,13-,17-/m1/s1. The van der Waals surface area contributed by atoms with E-state index in [1.54, 1.807) is 18.2 Å². The van der Waals surface area contributed by atoms with E-state index in [0.29, 0.717) is 11.3 Å². The maximum absolute atomic E-state index is 12.8. The number of amides is 2. The number of hydrogen-bond donors (Lipinski definition) is 0. The number of imide groups is 1. The van der Waals surface area contributed by atoms with Gasteiger partial charge in [0.25, 0.3) is 0 Å². The Kier molecular flexibility index (Phi) is 2.78. The average Bonchev–Trinajstić information content (AvgIpc) is 3.15. The zero-order chi connectivity index (χ0) is 16.4. The fraction of sp³-hybridized carbons (Fsp3) is 0.353. The highest BCUT2D eigenvalue weighted by atomic mass is 16.5. The van der Waals surface area contributed by atoms with E-state index in [4.69, 9.17) is 4.74 Å². The van der Waals surface area contributed by atoms with E-state index in [-0.39, 0.29) is 17.9 Å². The van der Waals surface area contributed by atoms with Crippen LogP contribution in [-0.4, -0.2) is 36.6 Å². The van der Waals surface area contributed by atoms with E-state index >= 15 is 0 Å². The molecule has 6 nitrogen and oxygen atoms in total. The summed E-state index contributed by atoms with van der Waals surface area (Å²) in [6.07, 6.45) is 3.36. The second-order valence-electron chi connectivity index (χ2n) is 6.18. The third kappa shape index (κ3) is 1.75. The summed E-state index contributed by atoms with van der Waals surface area (Å²) >= 11 is 0. The van der Waals surface area contributed by atoms with E-state index in [2.05, 4.69) is 4.74 Å². The molecule has 3 aliphatic rings. The lowest BCUT2D eigenvalue weighted by atomic mass is 9.78. The van der Waals surface area contributed by atoms with Crippen molar-refractivity contribution >= 4 is 23.5 Å². The SMILES string of the molecule is COC(=O)c1cccc(N2C(=O)[C@@H]3[C@H]4C=C[C@@](C)(O4)[C@H]3C2=O)c1. The molecule has 2 saturated heterocycles. The van der Waals surface area contributed by atoms with Gasteiger partial charge in [0.15, 0.2) is 0 Å². The van der Waals surface area contributed by atoms with Gasteiger partial charge in [-0.15, -0.1) is 0 Å². The third-order valence-electron chi connectivity index (χ3n) is 4.85. The topological polar surface area (TPSA) is 72.9 Å². The van der Waals surface area contributed by atoms with Gasteiger partial charge in [-0.3, -0.25) is 9.59 Å². The average molecular weight is 313 g/mol. The van der Waals surface area contributed by atoms with Gasteiger partial charge in [0.1, 0.15) is 0 Å². The van der Waals surface area contributed by atoms with E-state index in [0.717, 1.165) is 0 Å². The largest absolute Gasteiger partial charge is 0.465 e. The van der Waals surface area contributed by atoms with Gasteiger partial charge >= 0.3 is 5.97 Å². The lowest BCUT2D eigenvalue weighted by Gasteiger charge is -2.24. The number of fused-ring (bicyclic) bond motifs is 5. The first-order chi connectivity index (χ1) is 11.0. The molecule has 3 aliphatic heterocycles. The summed E-state index contributed by atoms with van der Waals surface area (Å²) in [4.78, 5) is 38.4. The molecule has 2 bridgehead atoms. The van der Waals surface area contributed by atoms with Crippen molar-refractivity contribution in [1.29, 1.82) is 0 Å². The summed E-state index contributed by atoms with van der Waals surface area (Å²) in [6.45, 7) is 1.83. The molecule has 3 heterocycles. The van der Waals surface area contributed by atoms with Crippen molar-refractivity contribution in [3.63, 3.8) is 0 Å². The Morgan fingerprint density at radius 3 is 2.78 bits per heavy atom. The molecule has 0 aliphatic carbocycles. The summed E-state index contributed by atoms with van der Waals surface area (Å²) in [5, 5.41) is 0. The summed E-state index contributed by atoms with van der Waals surface area (Å²) in [7, 11) is 1.28. The minimum Gasteiger partial charge on any atom is -0.465 e. The number of methoxy groups -OCH3 is 1. The summed E-state index contributed by atoms with van der Waals surface area (Å²) in [6, 6.07) is 6.35. The number of rotatable bonds is 2. The Balaban J connectivity index is 1.73. The molecule has 0 N–H and O–H groups in total. The number of carbonyl (C=O) groups excluding carboxylic acids is 3. The van der Waals surface area contributed by atoms with Gasteiger partial charge in [-0.05, 0) is 25.1 Å². The Morgan fingerprint density at radius 1 is 1.30 bits per heavy atom. The number of benzene rings is 1. The second-order valence-corrected chi connectivity index (χ2v) is 6.18. The maximum atomic E-state index is 12.8. The Bertz CT molecular complexity index is 770. The van der Waals surface area contributed by atoms with Gasteiger partial charge in [0.2, 0.25) is 11.8 Å². The molecule has 23 heavy (non-hydrogen) atoms. The Hall–Kier alpha value is -2.47. The third-order valence-corrected chi connectivity index (χ3v) is 4.85. The molecule has 6 heteroatoms. The maximum Gasteiger partial charge on any atom is 0.337 e. The van der Waals surface area contributed by atoms with Crippen LogP contribution >= 0.6 is 0 Å². The fourth-order valence-electron chi connectivity index (χ4n) is 3.80. The van der Waals surface area contributed by atoms with E-state index in [9.17, 15) is 14.4 Å². The molecule has 0 aromatic heterocycles. The Morgan fingerprint density at radius 2 is 2.09 bits per heavy atom. The van der Waals surface area contributed by atoms with E-state index in [1.165, 1.54) is 18.1 Å². The molecule has 0 unspecified atom stereocenters. The van der Waals surface area contributed by atoms with Crippen molar-refractivity contribution in [2.45, 2.75) is 18.6 Å². The van der Waals surface area contributed by atoms with Crippen LogP contribution in [0.15, 0.2) is 36.4 Å². The van der Waals surface area contributed by atoms with Crippen molar-refractivity contribution in [2.24, 2.45) is 11.8 Å². The van der Waals surface area contributed by atoms with Crippen molar-refractivity contribution in [3.05, 3.63) is 42.0 Å². The Labute approximate surface area is 132 Å². The van der Waals surface area contributed by atoms with Crippen molar-refractivity contribution in [3.8, 4) is 0 Å². The normalized spacial score (nSPS) is 34.2. The molecular weight excluding hydrogens is 298 g/mol. The van der Waals surface area contributed by atoms with Crippen LogP contribution in [0.2, 0.25) is 0 Å². The minimum absolute atomic E-state index is 0.278. The number of nitrogens with zero attached hydrogens (tertiary/aromatic N) is 1. The van der Waals surface area contributed by atoms with E-state index in [1.807, 2.05) is 19.1 Å². The molecule has 0 radical (unpaired) electrons. The minimum atomic E-state index is -0.725. The van der Waals surface area contributed by atoms with Gasteiger partial charge in [-0.2, -0.15) is 0 Å². The molecule has 4 atom stereocenters. The molecule has 0 saturated carbocycles. The molecule has 1 aromatic carbocycles. The predicted molar refractivity (Wildman–Crippen MR) is 79.7 cm³/mol. The summed E-state index contributed by atoms with van der Waals surface area (Å²) < 4.78 is 10.5. The lowest BCUT2D eigenvalue weighted by Crippen LogP contribution is -2.38. The monoisotopic (exact) mass is 313 g/mol. The van der Waals surface area contributed by atoms with Crippen LogP contribution in [0.1, 0.15) is 17.3 Å². The number of anilines is 1. The first-order valence-electron chi connectivity index (χ1n) is 7.39. The van der Waals surface area contributed by atoms with Crippen LogP contribution in [0.4, 0.5) is 5.69 Å². The summed E-state index contributed by atoms with van der Waals surface area (Å²) in [5.74, 6) is -2.06. The van der Waals surface area contributed by atoms with Crippen molar-refractivity contribution < 1.29 is 23.9 Å². The lowest BCUT2D eigenvalue weighted by molar-refractivity contribution is -0.126. The molecule has 1 aromatic rings. The quantitative estimate of drug-likeness (QED) is 0.467. The van der Waals surface area contributed by atoms with E-state index < -0.39 is 23.4 Å². The highest BCUT2D eigenvalue weighted by Gasteiger charge is 2.66. The fourth-order valence-corrected chi connectivity index (χ4v) is 3.80. The first-order valence-corrected chi connectivity index (χ1v) is 7.39. The highest BCUT2D eigenvalue weighted by Crippen LogP contribution is 2.52. The molecule has 0 spiro atoms. The van der Waals surface area contributed by atoms with Gasteiger partial charge in [0.05, 0.1) is 41.9 Å². The zero-order valence-electron chi connectivity index (χ0n) is 12.7. The summed E-state index contributed by atoms with van der Waals surface area (Å²) in [5.41, 5.74) is -0.0388. The van der Waals surface area contributed by atoms with Crippen LogP contribution in [0, 0.1) is 11.8 Å². The first kappa shape index (κ1) is 14.1. The van der Waals surface area contributed by atoms with Crippen LogP contribution in [0.3, 0.4) is 0 Å². The van der Waals surface area contributed by atoms with Gasteiger partial charge in [0, 0.05) is 0 Å². The van der Waals surface area contributed by atoms with Crippen LogP contribution in [0.25, 0.3) is 0 Å². The van der Waals surface area contributed by atoms with Crippen LogP contribution in [0.5, 0.6) is 0 Å². The van der Waals surface area contributed by atoms with Crippen LogP contribution in [-0.2, 0) is 19.1 Å². The number of esters is 1. The number of hydrogen-bond acceptors (Lipinski definition) is 5. The zero-order valence-corrected chi connectivity index (χ0v) is 12.7. The highest BCUT2D eigenvalue weighted by molar-refractivity contribution is 6.23. The second kappa shape index (κ2) is 4.52.